The molecule has 1 saturated heterocycles. The Labute approximate surface area is 95.1 Å². The number of rotatable bonds is 4. The Morgan fingerprint density at radius 2 is 2.50 bits per heavy atom. The largest absolute Gasteiger partial charge is 0.383 e. The third-order valence-corrected chi connectivity index (χ3v) is 2.99. The highest BCUT2D eigenvalue weighted by Crippen LogP contribution is 2.19. The van der Waals surface area contributed by atoms with E-state index in [-0.39, 0.29) is 12.1 Å². The summed E-state index contributed by atoms with van der Waals surface area (Å²) in [5, 5.41) is 0. The molecule has 0 spiro atoms. The maximum Gasteiger partial charge on any atom is 0.126 e. The number of hydrogen-bond donors (Lipinski definition) is 3. The molecule has 0 aliphatic carbocycles. The lowest BCUT2D eigenvalue weighted by Crippen LogP contribution is -2.45. The van der Waals surface area contributed by atoms with E-state index in [1.165, 1.54) is 0 Å². The van der Waals surface area contributed by atoms with Gasteiger partial charge in [-0.1, -0.05) is 6.07 Å². The smallest absolute Gasteiger partial charge is 0.126 e. The van der Waals surface area contributed by atoms with Gasteiger partial charge in [-0.3, -0.25) is 11.3 Å². The zero-order valence-corrected chi connectivity index (χ0v) is 9.23. The maximum absolute atomic E-state index is 5.80. The molecule has 0 saturated carbocycles. The van der Waals surface area contributed by atoms with Gasteiger partial charge in [0.2, 0.25) is 0 Å². The molecule has 1 aromatic heterocycles. The number of nitrogens with zero attached hydrogens (tertiary/aromatic N) is 1. The van der Waals surface area contributed by atoms with Crippen molar-refractivity contribution in [2.75, 3.05) is 12.3 Å². The number of nitrogens with one attached hydrogen (secondary N) is 1. The molecular weight excluding hydrogens is 204 g/mol. The molecule has 16 heavy (non-hydrogen) atoms. The van der Waals surface area contributed by atoms with Crippen LogP contribution in [-0.2, 0) is 11.2 Å². The number of nitrogen functional groups attached to an aromatic ring is 1. The zero-order valence-electron chi connectivity index (χ0n) is 9.23. The van der Waals surface area contributed by atoms with Crippen molar-refractivity contribution in [1.82, 2.24) is 10.4 Å². The first-order valence-electron chi connectivity index (χ1n) is 5.58. The van der Waals surface area contributed by atoms with Gasteiger partial charge in [-0.25, -0.2) is 4.98 Å². The first-order chi connectivity index (χ1) is 7.81. The maximum atomic E-state index is 5.80. The standard InChI is InChI=1S/C11H18N4O/c12-11-8(3-1-5-14-11)7-9(15-13)10-4-2-6-16-10/h1,3,5,9-10,15H,2,4,6-7,13H2,(H2,12,14). The van der Waals surface area contributed by atoms with E-state index in [0.29, 0.717) is 5.82 Å². The number of pyridine rings is 1. The summed E-state index contributed by atoms with van der Waals surface area (Å²) in [6.07, 6.45) is 4.78. The molecule has 0 bridgehead atoms. The summed E-state index contributed by atoms with van der Waals surface area (Å²) in [4.78, 5) is 4.06. The summed E-state index contributed by atoms with van der Waals surface area (Å²) < 4.78 is 5.61. The van der Waals surface area contributed by atoms with Crippen molar-refractivity contribution < 1.29 is 4.74 Å². The monoisotopic (exact) mass is 222 g/mol. The van der Waals surface area contributed by atoms with Crippen LogP contribution in [0.15, 0.2) is 18.3 Å². The van der Waals surface area contributed by atoms with Crippen LogP contribution in [0.2, 0.25) is 0 Å². The summed E-state index contributed by atoms with van der Waals surface area (Å²) in [5.74, 6) is 6.13. The molecule has 5 N–H and O–H groups in total. The molecule has 2 heterocycles. The molecule has 1 aliphatic heterocycles. The van der Waals surface area contributed by atoms with Crippen LogP contribution in [0, 0.1) is 0 Å². The molecule has 1 aromatic rings. The number of aromatic nitrogens is 1. The van der Waals surface area contributed by atoms with Crippen molar-refractivity contribution in [1.29, 1.82) is 0 Å². The normalized spacial score (nSPS) is 22.2. The second-order valence-electron chi connectivity index (χ2n) is 4.08. The van der Waals surface area contributed by atoms with E-state index in [9.17, 15) is 0 Å². The van der Waals surface area contributed by atoms with E-state index in [1.54, 1.807) is 6.20 Å². The van der Waals surface area contributed by atoms with Crippen LogP contribution in [0.25, 0.3) is 0 Å². The van der Waals surface area contributed by atoms with Crippen LogP contribution in [0.4, 0.5) is 5.82 Å². The molecule has 2 atom stereocenters. The summed E-state index contributed by atoms with van der Waals surface area (Å²) in [6.45, 7) is 0.825. The number of hydrogen-bond acceptors (Lipinski definition) is 5. The van der Waals surface area contributed by atoms with Crippen molar-refractivity contribution in [3.05, 3.63) is 23.9 Å². The third kappa shape index (κ3) is 2.49. The van der Waals surface area contributed by atoms with Crippen LogP contribution in [0.1, 0.15) is 18.4 Å². The van der Waals surface area contributed by atoms with Crippen LogP contribution < -0.4 is 17.0 Å². The minimum Gasteiger partial charge on any atom is -0.383 e. The van der Waals surface area contributed by atoms with Gasteiger partial charge in [-0.15, -0.1) is 0 Å². The molecule has 2 unspecified atom stereocenters. The van der Waals surface area contributed by atoms with Gasteiger partial charge < -0.3 is 10.5 Å². The van der Waals surface area contributed by atoms with Crippen LogP contribution >= 0.6 is 0 Å². The lowest BCUT2D eigenvalue weighted by molar-refractivity contribution is 0.0785. The highest BCUT2D eigenvalue weighted by atomic mass is 16.5. The average Bonchev–Trinajstić information content (AvgIpc) is 2.81. The van der Waals surface area contributed by atoms with Crippen molar-refractivity contribution >= 4 is 5.82 Å². The lowest BCUT2D eigenvalue weighted by atomic mass is 10.0. The second kappa shape index (κ2) is 5.25. The van der Waals surface area contributed by atoms with Crippen molar-refractivity contribution in [3.8, 4) is 0 Å². The lowest BCUT2D eigenvalue weighted by Gasteiger charge is -2.22. The van der Waals surface area contributed by atoms with Gasteiger partial charge in [-0.2, -0.15) is 0 Å². The van der Waals surface area contributed by atoms with Gasteiger partial charge in [0.05, 0.1) is 12.1 Å². The number of hydrazine groups is 1. The fourth-order valence-electron chi connectivity index (χ4n) is 2.08. The molecule has 5 nitrogen and oxygen atoms in total. The Balaban J connectivity index is 2.03. The Morgan fingerprint density at radius 1 is 1.62 bits per heavy atom. The number of anilines is 1. The molecule has 2 rings (SSSR count). The minimum atomic E-state index is 0.106. The van der Waals surface area contributed by atoms with E-state index in [0.717, 1.165) is 31.4 Å². The van der Waals surface area contributed by atoms with Crippen molar-refractivity contribution in [2.24, 2.45) is 5.84 Å². The molecule has 1 aliphatic rings. The molecule has 5 heteroatoms. The van der Waals surface area contributed by atoms with Gasteiger partial charge in [-0.05, 0) is 30.9 Å². The topological polar surface area (TPSA) is 86.2 Å². The van der Waals surface area contributed by atoms with Gasteiger partial charge in [0.25, 0.3) is 0 Å². The van der Waals surface area contributed by atoms with E-state index in [4.69, 9.17) is 16.3 Å². The van der Waals surface area contributed by atoms with Crippen LogP contribution in [0.3, 0.4) is 0 Å². The van der Waals surface area contributed by atoms with Gasteiger partial charge in [0.15, 0.2) is 0 Å². The highest BCUT2D eigenvalue weighted by molar-refractivity contribution is 5.39. The quantitative estimate of drug-likeness (QED) is 0.501. The fraction of sp³-hybridized carbons (Fsp3) is 0.545. The molecule has 0 radical (unpaired) electrons. The highest BCUT2D eigenvalue weighted by Gasteiger charge is 2.25. The first kappa shape index (κ1) is 11.3. The van der Waals surface area contributed by atoms with Gasteiger partial charge in [0, 0.05) is 12.8 Å². The summed E-state index contributed by atoms with van der Waals surface area (Å²) >= 11 is 0. The predicted octanol–water partition coefficient (Wildman–Crippen LogP) is 0.217. The Morgan fingerprint density at radius 3 is 3.12 bits per heavy atom. The summed E-state index contributed by atoms with van der Waals surface area (Å²) in [5.41, 5.74) is 9.63. The van der Waals surface area contributed by atoms with E-state index in [1.807, 2.05) is 12.1 Å². The van der Waals surface area contributed by atoms with Crippen molar-refractivity contribution in [2.45, 2.75) is 31.4 Å². The van der Waals surface area contributed by atoms with Crippen molar-refractivity contribution in [3.63, 3.8) is 0 Å². The molecule has 1 fully saturated rings. The number of nitrogens with two attached hydrogens (primary N) is 2. The van der Waals surface area contributed by atoms with Gasteiger partial charge >= 0.3 is 0 Å². The molecule has 0 aromatic carbocycles. The molecule has 88 valence electrons. The van der Waals surface area contributed by atoms with E-state index >= 15 is 0 Å². The zero-order chi connectivity index (χ0) is 11.4. The molecular formula is C11H18N4O. The summed E-state index contributed by atoms with van der Waals surface area (Å²) in [7, 11) is 0. The van der Waals surface area contributed by atoms with Gasteiger partial charge in [0.1, 0.15) is 5.82 Å². The van der Waals surface area contributed by atoms with E-state index in [2.05, 4.69) is 10.4 Å². The predicted molar refractivity (Wildman–Crippen MR) is 62.4 cm³/mol. The second-order valence-corrected chi connectivity index (χ2v) is 4.08. The number of ether oxygens (including phenoxy) is 1. The third-order valence-electron chi connectivity index (χ3n) is 2.99. The fourth-order valence-corrected chi connectivity index (χ4v) is 2.08. The SMILES string of the molecule is NNC(Cc1cccnc1N)C1CCCO1. The Hall–Kier alpha value is -1.17. The Kier molecular flexibility index (Phi) is 3.71. The molecule has 0 amide bonds. The summed E-state index contributed by atoms with van der Waals surface area (Å²) in [6, 6.07) is 3.96. The van der Waals surface area contributed by atoms with Crippen LogP contribution in [0.5, 0.6) is 0 Å². The first-order valence-corrected chi connectivity index (χ1v) is 5.58. The van der Waals surface area contributed by atoms with E-state index < -0.39 is 0 Å². The van der Waals surface area contributed by atoms with Crippen LogP contribution in [-0.4, -0.2) is 23.7 Å². The Bertz CT molecular complexity index is 339. The minimum absolute atomic E-state index is 0.106. The average molecular weight is 222 g/mol.